The van der Waals surface area contributed by atoms with Gasteiger partial charge in [-0.15, -0.1) is 11.3 Å². The molecule has 0 bridgehead atoms. The molecule has 1 N–H and O–H groups in total. The van der Waals surface area contributed by atoms with Crippen LogP contribution in [0.4, 0.5) is 0 Å². The number of nitrogens with zero attached hydrogens (tertiary/aromatic N) is 5. The molecular formula is C23H22N6O2S. The van der Waals surface area contributed by atoms with Gasteiger partial charge in [-0.25, -0.2) is 9.67 Å². The number of carbonyl (C=O) groups excluding carboxylic acids is 2. The normalized spacial score (nSPS) is 21.7. The van der Waals surface area contributed by atoms with Gasteiger partial charge in [-0.3, -0.25) is 14.0 Å². The first kappa shape index (κ1) is 19.2. The molecule has 4 heterocycles. The van der Waals surface area contributed by atoms with Crippen molar-refractivity contribution in [2.45, 2.75) is 31.8 Å². The largest absolute Gasteiger partial charge is 0.349 e. The molecule has 4 aromatic rings. The minimum atomic E-state index is -0.154. The molecular weight excluding hydrogens is 424 g/mol. The van der Waals surface area contributed by atoms with E-state index in [0.29, 0.717) is 29.4 Å². The van der Waals surface area contributed by atoms with Gasteiger partial charge in [0.05, 0.1) is 23.0 Å². The number of carbonyl (C=O) groups is 2. The SMILES string of the molecule is Cc1nc2sccn2c1C(=O)NC[C@@H]1C[C@@H]2C[C@@H]2N1C(=O)c1ccccc1-n1cccn1. The summed E-state index contributed by atoms with van der Waals surface area (Å²) in [5.74, 6) is 0.373. The van der Waals surface area contributed by atoms with E-state index < -0.39 is 0 Å². The second-order valence-electron chi connectivity index (χ2n) is 8.44. The summed E-state index contributed by atoms with van der Waals surface area (Å²) >= 11 is 1.50. The molecule has 3 aromatic heterocycles. The van der Waals surface area contributed by atoms with Crippen molar-refractivity contribution < 1.29 is 9.59 Å². The fraction of sp³-hybridized carbons (Fsp3) is 0.304. The predicted molar refractivity (Wildman–Crippen MR) is 120 cm³/mol. The highest BCUT2D eigenvalue weighted by molar-refractivity contribution is 7.15. The molecule has 9 heteroatoms. The van der Waals surface area contributed by atoms with Crippen molar-refractivity contribution in [1.29, 1.82) is 0 Å². The number of amides is 2. The Bertz CT molecular complexity index is 1320. The maximum Gasteiger partial charge on any atom is 0.270 e. The first-order valence-corrected chi connectivity index (χ1v) is 11.6. The molecule has 3 atom stereocenters. The highest BCUT2D eigenvalue weighted by Gasteiger charge is 2.54. The lowest BCUT2D eigenvalue weighted by Crippen LogP contribution is -2.45. The van der Waals surface area contributed by atoms with Crippen molar-refractivity contribution in [1.82, 2.24) is 29.4 Å². The van der Waals surface area contributed by atoms with Gasteiger partial charge in [-0.1, -0.05) is 12.1 Å². The summed E-state index contributed by atoms with van der Waals surface area (Å²) in [6.07, 6.45) is 7.36. The first-order valence-electron chi connectivity index (χ1n) is 10.7. The van der Waals surface area contributed by atoms with Gasteiger partial charge >= 0.3 is 0 Å². The van der Waals surface area contributed by atoms with Crippen molar-refractivity contribution >= 4 is 28.1 Å². The molecule has 0 spiro atoms. The standard InChI is InChI=1S/C23H22N6O2S/c1-14-20(27-9-10-32-23(27)26-14)21(30)24-13-16-11-15-12-19(15)29(16)22(31)17-5-2-3-6-18(17)28-8-4-7-25-28/h2-10,15-16,19H,11-13H2,1H3,(H,24,30)/t15-,16+,19+/m1/s1. The van der Waals surface area contributed by atoms with Crippen molar-refractivity contribution in [2.24, 2.45) is 5.92 Å². The number of piperidine rings is 1. The Morgan fingerprint density at radius 2 is 2.06 bits per heavy atom. The maximum absolute atomic E-state index is 13.6. The van der Waals surface area contributed by atoms with Crippen LogP contribution in [0.15, 0.2) is 54.3 Å². The summed E-state index contributed by atoms with van der Waals surface area (Å²) in [6.45, 7) is 2.28. The van der Waals surface area contributed by atoms with E-state index >= 15 is 0 Å². The molecule has 2 aliphatic rings. The van der Waals surface area contributed by atoms with E-state index in [4.69, 9.17) is 0 Å². The molecule has 32 heavy (non-hydrogen) atoms. The second kappa shape index (κ2) is 7.30. The smallest absolute Gasteiger partial charge is 0.270 e. The number of aromatic nitrogens is 4. The average Bonchev–Trinajstić information content (AvgIpc) is 3.26. The Hall–Kier alpha value is -3.46. The summed E-state index contributed by atoms with van der Waals surface area (Å²) < 4.78 is 3.55. The average molecular weight is 447 g/mol. The molecule has 6 rings (SSSR count). The summed E-state index contributed by atoms with van der Waals surface area (Å²) in [7, 11) is 0. The van der Waals surface area contributed by atoms with Gasteiger partial charge in [-0.2, -0.15) is 5.10 Å². The number of benzene rings is 1. The topological polar surface area (TPSA) is 84.5 Å². The minimum Gasteiger partial charge on any atom is -0.349 e. The number of imidazole rings is 1. The lowest BCUT2D eigenvalue weighted by atomic mass is 10.1. The molecule has 1 saturated carbocycles. The number of para-hydroxylation sites is 1. The minimum absolute atomic E-state index is 0.00103. The summed E-state index contributed by atoms with van der Waals surface area (Å²) in [6, 6.07) is 9.64. The second-order valence-corrected chi connectivity index (χ2v) is 9.32. The third-order valence-corrected chi connectivity index (χ3v) is 7.24. The summed E-state index contributed by atoms with van der Waals surface area (Å²) in [5.41, 5.74) is 2.67. The lowest BCUT2D eigenvalue weighted by molar-refractivity contribution is 0.0688. The van der Waals surface area contributed by atoms with E-state index in [1.165, 1.54) is 11.3 Å². The molecule has 1 aliphatic carbocycles. The zero-order valence-electron chi connectivity index (χ0n) is 17.5. The van der Waals surface area contributed by atoms with Crippen LogP contribution in [0.25, 0.3) is 10.6 Å². The van der Waals surface area contributed by atoms with E-state index in [9.17, 15) is 9.59 Å². The van der Waals surface area contributed by atoms with Gasteiger partial charge in [-0.05, 0) is 43.9 Å². The molecule has 162 valence electrons. The van der Waals surface area contributed by atoms with Crippen LogP contribution < -0.4 is 5.32 Å². The van der Waals surface area contributed by atoms with Gasteiger partial charge in [0, 0.05) is 36.6 Å². The molecule has 1 aliphatic heterocycles. The van der Waals surface area contributed by atoms with Gasteiger partial charge < -0.3 is 10.2 Å². The van der Waals surface area contributed by atoms with Crippen LogP contribution >= 0.6 is 11.3 Å². The fourth-order valence-corrected chi connectivity index (χ4v) is 5.68. The van der Waals surface area contributed by atoms with Crippen LogP contribution in [0.3, 0.4) is 0 Å². The number of nitrogens with one attached hydrogen (secondary N) is 1. The van der Waals surface area contributed by atoms with E-state index in [1.807, 2.05) is 64.3 Å². The van der Waals surface area contributed by atoms with Crippen molar-refractivity contribution in [3.63, 3.8) is 0 Å². The molecule has 1 saturated heterocycles. The molecule has 0 radical (unpaired) electrons. The van der Waals surface area contributed by atoms with Gasteiger partial charge in [0.1, 0.15) is 5.69 Å². The first-order chi connectivity index (χ1) is 15.6. The number of fused-ring (bicyclic) bond motifs is 2. The molecule has 1 aromatic carbocycles. The fourth-order valence-electron chi connectivity index (χ4n) is 4.92. The lowest BCUT2D eigenvalue weighted by Gasteiger charge is -2.28. The van der Waals surface area contributed by atoms with E-state index in [1.54, 1.807) is 10.9 Å². The van der Waals surface area contributed by atoms with Gasteiger partial charge in [0.2, 0.25) is 0 Å². The number of hydrogen-bond donors (Lipinski definition) is 1. The van der Waals surface area contributed by atoms with Crippen LogP contribution in [0.5, 0.6) is 0 Å². The zero-order chi connectivity index (χ0) is 21.8. The Labute approximate surface area is 188 Å². The number of aryl methyl sites for hydroxylation is 1. The third kappa shape index (κ3) is 3.03. The Morgan fingerprint density at radius 3 is 2.91 bits per heavy atom. The zero-order valence-corrected chi connectivity index (χ0v) is 18.3. The summed E-state index contributed by atoms with van der Waals surface area (Å²) in [5, 5.41) is 9.28. The van der Waals surface area contributed by atoms with Crippen LogP contribution in [-0.2, 0) is 0 Å². The summed E-state index contributed by atoms with van der Waals surface area (Å²) in [4.78, 5) is 33.8. The number of likely N-dealkylation sites (tertiary alicyclic amines) is 1. The molecule has 2 amide bonds. The predicted octanol–water partition coefficient (Wildman–Crippen LogP) is 2.92. The van der Waals surface area contributed by atoms with Crippen LogP contribution in [0.2, 0.25) is 0 Å². The van der Waals surface area contributed by atoms with E-state index in [2.05, 4.69) is 15.4 Å². The highest BCUT2D eigenvalue weighted by atomic mass is 32.1. The van der Waals surface area contributed by atoms with Crippen LogP contribution in [0.1, 0.15) is 39.4 Å². The Morgan fingerprint density at radius 1 is 1.19 bits per heavy atom. The molecule has 8 nitrogen and oxygen atoms in total. The van der Waals surface area contributed by atoms with Gasteiger partial charge in [0.25, 0.3) is 11.8 Å². The van der Waals surface area contributed by atoms with Crippen molar-refractivity contribution in [2.75, 3.05) is 6.54 Å². The van der Waals surface area contributed by atoms with Gasteiger partial charge in [0.15, 0.2) is 4.96 Å². The van der Waals surface area contributed by atoms with E-state index in [0.717, 1.165) is 23.5 Å². The molecule has 2 fully saturated rings. The maximum atomic E-state index is 13.6. The number of thiazole rings is 1. The molecule has 0 unspecified atom stereocenters. The van der Waals surface area contributed by atoms with Crippen molar-refractivity contribution in [3.8, 4) is 5.69 Å². The number of hydrogen-bond acceptors (Lipinski definition) is 5. The highest BCUT2D eigenvalue weighted by Crippen LogP contribution is 2.48. The number of rotatable bonds is 5. The monoisotopic (exact) mass is 446 g/mol. The Kier molecular flexibility index (Phi) is 4.39. The quantitative estimate of drug-likeness (QED) is 0.511. The van der Waals surface area contributed by atoms with Crippen molar-refractivity contribution in [3.05, 3.63) is 71.3 Å². The third-order valence-electron chi connectivity index (χ3n) is 6.48. The van der Waals surface area contributed by atoms with E-state index in [-0.39, 0.29) is 23.9 Å². The van der Waals surface area contributed by atoms with Crippen LogP contribution in [-0.4, -0.2) is 54.5 Å². The van der Waals surface area contributed by atoms with Crippen LogP contribution in [0, 0.1) is 12.8 Å². The Balaban J connectivity index is 1.23.